The topological polar surface area (TPSA) is 49.4 Å². The van der Waals surface area contributed by atoms with E-state index < -0.39 is 21.6 Å². The number of rotatable bonds is 4. The first-order chi connectivity index (χ1) is 7.80. The SMILES string of the molecule is CNCCC1CCCCN1S(=O)(=O)C(F)(F)F. The van der Waals surface area contributed by atoms with Crippen molar-refractivity contribution in [3.8, 4) is 0 Å². The molecule has 1 saturated heterocycles. The number of hydrogen-bond donors (Lipinski definition) is 1. The zero-order valence-electron chi connectivity index (χ0n) is 9.63. The average Bonchev–Trinajstić information content (AvgIpc) is 2.25. The number of alkyl halides is 3. The first-order valence-electron chi connectivity index (χ1n) is 5.53. The molecule has 1 fully saturated rings. The van der Waals surface area contributed by atoms with E-state index in [1.54, 1.807) is 7.05 Å². The van der Waals surface area contributed by atoms with Crippen molar-refractivity contribution < 1.29 is 21.6 Å². The van der Waals surface area contributed by atoms with Crippen LogP contribution in [0.3, 0.4) is 0 Å². The van der Waals surface area contributed by atoms with Gasteiger partial charge in [0.1, 0.15) is 0 Å². The van der Waals surface area contributed by atoms with E-state index in [0.717, 1.165) is 6.42 Å². The number of piperidine rings is 1. The summed E-state index contributed by atoms with van der Waals surface area (Å²) in [5.74, 6) is 0. The number of nitrogens with zero attached hydrogens (tertiary/aromatic N) is 1. The van der Waals surface area contributed by atoms with Gasteiger partial charge in [0, 0.05) is 12.6 Å². The van der Waals surface area contributed by atoms with E-state index in [0.29, 0.717) is 30.1 Å². The molecule has 0 aromatic carbocycles. The van der Waals surface area contributed by atoms with Crippen molar-refractivity contribution in [3.05, 3.63) is 0 Å². The maximum atomic E-state index is 12.5. The Morgan fingerprint density at radius 3 is 2.53 bits per heavy atom. The van der Waals surface area contributed by atoms with Crippen molar-refractivity contribution in [2.24, 2.45) is 0 Å². The second-order valence-electron chi connectivity index (χ2n) is 4.10. The fourth-order valence-electron chi connectivity index (χ4n) is 2.02. The number of sulfonamides is 1. The number of hydrogen-bond acceptors (Lipinski definition) is 3. The second-order valence-corrected chi connectivity index (χ2v) is 5.99. The molecule has 0 saturated carbocycles. The molecule has 1 aliphatic heterocycles. The molecular weight excluding hydrogens is 257 g/mol. The van der Waals surface area contributed by atoms with Gasteiger partial charge >= 0.3 is 15.5 Å². The van der Waals surface area contributed by atoms with Gasteiger partial charge in [-0.1, -0.05) is 6.42 Å². The minimum atomic E-state index is -5.19. The summed E-state index contributed by atoms with van der Waals surface area (Å²) >= 11 is 0. The maximum Gasteiger partial charge on any atom is 0.511 e. The van der Waals surface area contributed by atoms with Gasteiger partial charge in [0.25, 0.3) is 0 Å². The highest BCUT2D eigenvalue weighted by molar-refractivity contribution is 7.90. The third-order valence-electron chi connectivity index (χ3n) is 2.90. The molecule has 1 aliphatic rings. The van der Waals surface area contributed by atoms with Gasteiger partial charge in [0.2, 0.25) is 0 Å². The van der Waals surface area contributed by atoms with Gasteiger partial charge in [0.05, 0.1) is 0 Å². The molecule has 1 unspecified atom stereocenters. The minimum absolute atomic E-state index is 0.0315. The van der Waals surface area contributed by atoms with Crippen LogP contribution in [0.5, 0.6) is 0 Å². The van der Waals surface area contributed by atoms with E-state index in [1.165, 1.54) is 0 Å². The van der Waals surface area contributed by atoms with E-state index in [-0.39, 0.29) is 6.54 Å². The molecule has 0 bridgehead atoms. The maximum absolute atomic E-state index is 12.5. The molecule has 1 atom stereocenters. The summed E-state index contributed by atoms with van der Waals surface area (Å²) in [5, 5.41) is 2.82. The van der Waals surface area contributed by atoms with Gasteiger partial charge in [0.15, 0.2) is 0 Å². The van der Waals surface area contributed by atoms with Crippen LogP contribution in [0.15, 0.2) is 0 Å². The third kappa shape index (κ3) is 3.32. The Labute approximate surface area is 99.2 Å². The van der Waals surface area contributed by atoms with Crippen LogP contribution in [-0.4, -0.2) is 44.4 Å². The van der Waals surface area contributed by atoms with Crippen LogP contribution in [0, 0.1) is 0 Å². The molecule has 0 spiro atoms. The highest BCUT2D eigenvalue weighted by atomic mass is 32.2. The van der Waals surface area contributed by atoms with E-state index in [9.17, 15) is 21.6 Å². The lowest BCUT2D eigenvalue weighted by atomic mass is 10.0. The molecule has 0 amide bonds. The molecule has 0 radical (unpaired) electrons. The van der Waals surface area contributed by atoms with E-state index >= 15 is 0 Å². The van der Waals surface area contributed by atoms with Crippen molar-refractivity contribution in [1.29, 1.82) is 0 Å². The van der Waals surface area contributed by atoms with Crippen molar-refractivity contribution in [2.75, 3.05) is 20.1 Å². The van der Waals surface area contributed by atoms with Crippen LogP contribution in [-0.2, 0) is 10.0 Å². The second kappa shape index (κ2) is 5.53. The van der Waals surface area contributed by atoms with E-state index in [4.69, 9.17) is 0 Å². The summed E-state index contributed by atoms with van der Waals surface area (Å²) in [4.78, 5) is 0. The van der Waals surface area contributed by atoms with Crippen molar-refractivity contribution in [1.82, 2.24) is 9.62 Å². The lowest BCUT2D eigenvalue weighted by Gasteiger charge is -2.34. The standard InChI is InChI=1S/C9H17F3N2O2S/c1-13-6-5-8-4-2-3-7-14(8)17(15,16)9(10,11)12/h8,13H,2-7H2,1H3. The smallest absolute Gasteiger partial charge is 0.320 e. The highest BCUT2D eigenvalue weighted by Crippen LogP contribution is 2.32. The molecule has 102 valence electrons. The highest BCUT2D eigenvalue weighted by Gasteiger charge is 2.51. The van der Waals surface area contributed by atoms with Crippen molar-refractivity contribution in [3.63, 3.8) is 0 Å². The van der Waals surface area contributed by atoms with Crippen LogP contribution < -0.4 is 5.32 Å². The zero-order valence-corrected chi connectivity index (χ0v) is 10.4. The summed E-state index contributed by atoms with van der Waals surface area (Å²) in [6.07, 6.45) is 2.17. The minimum Gasteiger partial charge on any atom is -0.320 e. The van der Waals surface area contributed by atoms with Crippen LogP contribution in [0.4, 0.5) is 13.2 Å². The lowest BCUT2D eigenvalue weighted by Crippen LogP contribution is -2.49. The predicted octanol–water partition coefficient (Wildman–Crippen LogP) is 1.30. The van der Waals surface area contributed by atoms with E-state index in [1.807, 2.05) is 0 Å². The Balaban J connectivity index is 2.84. The van der Waals surface area contributed by atoms with Crippen molar-refractivity contribution >= 4 is 10.0 Å². The van der Waals surface area contributed by atoms with Gasteiger partial charge < -0.3 is 5.32 Å². The monoisotopic (exact) mass is 274 g/mol. The molecular formula is C9H17F3N2O2S. The molecule has 0 aromatic rings. The number of halogens is 3. The molecule has 4 nitrogen and oxygen atoms in total. The Morgan fingerprint density at radius 2 is 2.00 bits per heavy atom. The molecule has 1 rings (SSSR count). The quantitative estimate of drug-likeness (QED) is 0.840. The van der Waals surface area contributed by atoms with Gasteiger partial charge in [-0.3, -0.25) is 0 Å². The fourth-order valence-corrected chi connectivity index (χ4v) is 3.26. The summed E-state index contributed by atoms with van der Waals surface area (Å²) in [7, 11) is -3.49. The van der Waals surface area contributed by atoms with Gasteiger partial charge in [-0.2, -0.15) is 17.5 Å². The molecule has 17 heavy (non-hydrogen) atoms. The van der Waals surface area contributed by atoms with Gasteiger partial charge in [-0.25, -0.2) is 8.42 Å². The molecule has 8 heteroatoms. The summed E-state index contributed by atoms with van der Waals surface area (Å²) < 4.78 is 60.7. The third-order valence-corrected chi connectivity index (χ3v) is 4.59. The van der Waals surface area contributed by atoms with Crippen LogP contribution in [0.25, 0.3) is 0 Å². The predicted molar refractivity (Wildman–Crippen MR) is 57.9 cm³/mol. The van der Waals surface area contributed by atoms with Gasteiger partial charge in [-0.15, -0.1) is 0 Å². The van der Waals surface area contributed by atoms with Crippen LogP contribution >= 0.6 is 0 Å². The van der Waals surface area contributed by atoms with Crippen molar-refractivity contribution in [2.45, 2.75) is 37.2 Å². The van der Waals surface area contributed by atoms with E-state index in [2.05, 4.69) is 5.32 Å². The molecule has 0 aliphatic carbocycles. The Kier molecular flexibility index (Phi) is 4.79. The Morgan fingerprint density at radius 1 is 1.35 bits per heavy atom. The Hall–Kier alpha value is -0.340. The molecule has 1 heterocycles. The zero-order chi connectivity index (χ0) is 13.1. The first-order valence-corrected chi connectivity index (χ1v) is 6.97. The summed E-state index contributed by atoms with van der Waals surface area (Å²) in [5.41, 5.74) is -5.19. The average molecular weight is 274 g/mol. The normalized spacial score (nSPS) is 23.9. The molecule has 1 N–H and O–H groups in total. The number of nitrogens with one attached hydrogen (secondary N) is 1. The largest absolute Gasteiger partial charge is 0.511 e. The molecule has 0 aromatic heterocycles. The van der Waals surface area contributed by atoms with Gasteiger partial charge in [-0.05, 0) is 32.9 Å². The van der Waals surface area contributed by atoms with Crippen LogP contribution in [0.1, 0.15) is 25.7 Å². The van der Waals surface area contributed by atoms with Crippen LogP contribution in [0.2, 0.25) is 0 Å². The summed E-state index contributed by atoms with van der Waals surface area (Å²) in [6.45, 7) is 0.477. The fraction of sp³-hybridized carbons (Fsp3) is 1.00. The Bertz CT molecular complexity index is 343. The summed E-state index contributed by atoms with van der Waals surface area (Å²) in [6, 6.07) is -0.539. The first kappa shape index (κ1) is 14.7. The lowest BCUT2D eigenvalue weighted by molar-refractivity contribution is -0.0509.